The molecule has 0 aliphatic carbocycles. The Balaban J connectivity index is 2.63. The van der Waals surface area contributed by atoms with Crippen molar-refractivity contribution in [2.75, 3.05) is 27.2 Å². The first-order valence-corrected chi connectivity index (χ1v) is 6.61. The molecule has 1 saturated heterocycles. The molecule has 0 aromatic heterocycles. The summed E-state index contributed by atoms with van der Waals surface area (Å²) >= 11 is 0. The van der Waals surface area contributed by atoms with E-state index in [0.717, 1.165) is 5.06 Å². The van der Waals surface area contributed by atoms with E-state index in [4.69, 9.17) is 4.62 Å². The number of rotatable bonds is 3. The van der Waals surface area contributed by atoms with Gasteiger partial charge in [0.25, 0.3) is 5.91 Å². The summed E-state index contributed by atoms with van der Waals surface area (Å²) in [6.07, 6.45) is 0.414. The Hall–Kier alpha value is -1.60. The number of urea groups is 2. The molecule has 0 bridgehead atoms. The van der Waals surface area contributed by atoms with E-state index in [1.54, 1.807) is 21.0 Å². The van der Waals surface area contributed by atoms with E-state index in [-0.39, 0.29) is 6.03 Å². The average Bonchev–Trinajstić information content (AvgIpc) is 2.43. The number of carbonyl (C=O) groups excluding carboxylic acids is 3. The molecular formula is C10H20N5O4P. The highest BCUT2D eigenvalue weighted by Crippen LogP contribution is 2.17. The molecule has 20 heavy (non-hydrogen) atoms. The predicted octanol–water partition coefficient (Wildman–Crippen LogP) is -0.473. The van der Waals surface area contributed by atoms with Crippen molar-refractivity contribution in [1.29, 1.82) is 0 Å². The largest absolute Gasteiger partial charge is 0.344 e. The maximum absolute atomic E-state index is 12.0. The van der Waals surface area contributed by atoms with E-state index in [1.807, 2.05) is 9.47 Å². The first-order valence-electron chi connectivity index (χ1n) is 6.14. The normalized spacial score (nSPS) is 18.8. The number of nitrogens with one attached hydrogen (secondary N) is 2. The van der Waals surface area contributed by atoms with Gasteiger partial charge in [0.15, 0.2) is 0 Å². The quantitative estimate of drug-likeness (QED) is 0.544. The van der Waals surface area contributed by atoms with Crippen molar-refractivity contribution < 1.29 is 19.0 Å². The molecule has 1 unspecified atom stereocenters. The summed E-state index contributed by atoms with van der Waals surface area (Å²) in [4.78, 5) is 38.0. The van der Waals surface area contributed by atoms with Crippen LogP contribution in [0.4, 0.5) is 9.59 Å². The number of hydrazine groups is 1. The topological polar surface area (TPSA) is 94.2 Å². The molecule has 0 aromatic carbocycles. The molecule has 1 rings (SSSR count). The third kappa shape index (κ3) is 3.71. The van der Waals surface area contributed by atoms with Crippen LogP contribution < -0.4 is 10.9 Å². The van der Waals surface area contributed by atoms with Gasteiger partial charge in [-0.1, -0.05) is 0 Å². The van der Waals surface area contributed by atoms with Crippen LogP contribution in [0.15, 0.2) is 0 Å². The van der Waals surface area contributed by atoms with Gasteiger partial charge in [0.05, 0.1) is 6.54 Å². The maximum Gasteiger partial charge on any atom is 0.344 e. The number of carbonyl (C=O) groups is 3. The second-order valence-electron chi connectivity index (χ2n) is 4.39. The Morgan fingerprint density at radius 2 is 2.10 bits per heavy atom. The van der Waals surface area contributed by atoms with Crippen molar-refractivity contribution in [2.45, 2.75) is 19.4 Å². The SMILES string of the molecule is CCN1C(=O)N(OP)CC[C@H]1C(=O)NNC(=O)N(C)C. The Labute approximate surface area is 119 Å². The van der Waals surface area contributed by atoms with Crippen LogP contribution in [-0.2, 0) is 9.42 Å². The molecule has 0 spiro atoms. The van der Waals surface area contributed by atoms with E-state index in [0.29, 0.717) is 19.5 Å². The highest BCUT2D eigenvalue weighted by atomic mass is 31.0. The van der Waals surface area contributed by atoms with Crippen LogP contribution >= 0.6 is 9.47 Å². The van der Waals surface area contributed by atoms with Crippen LogP contribution in [0, 0.1) is 0 Å². The molecule has 5 amide bonds. The molecule has 1 aliphatic rings. The zero-order valence-electron chi connectivity index (χ0n) is 11.8. The Morgan fingerprint density at radius 1 is 1.45 bits per heavy atom. The maximum atomic E-state index is 12.0. The molecule has 114 valence electrons. The summed E-state index contributed by atoms with van der Waals surface area (Å²) in [7, 11) is 5.11. The molecule has 0 saturated carbocycles. The lowest BCUT2D eigenvalue weighted by atomic mass is 10.1. The highest BCUT2D eigenvalue weighted by molar-refractivity contribution is 7.09. The van der Waals surface area contributed by atoms with Gasteiger partial charge in [-0.2, -0.15) is 0 Å². The summed E-state index contributed by atoms with van der Waals surface area (Å²) < 4.78 is 4.84. The predicted molar refractivity (Wildman–Crippen MR) is 74.0 cm³/mol. The number of amides is 5. The molecule has 1 heterocycles. The third-order valence-electron chi connectivity index (χ3n) is 2.91. The fourth-order valence-corrected chi connectivity index (χ4v) is 2.00. The van der Waals surface area contributed by atoms with E-state index in [1.165, 1.54) is 9.80 Å². The number of likely N-dealkylation sites (N-methyl/N-ethyl adjacent to an activating group) is 1. The minimum Gasteiger partial charge on any atom is -0.330 e. The van der Waals surface area contributed by atoms with E-state index in [9.17, 15) is 14.4 Å². The summed E-state index contributed by atoms with van der Waals surface area (Å²) in [5, 5.41) is 1.16. The third-order valence-corrected chi connectivity index (χ3v) is 3.16. The van der Waals surface area contributed by atoms with E-state index < -0.39 is 18.0 Å². The lowest BCUT2D eigenvalue weighted by Gasteiger charge is -2.38. The van der Waals surface area contributed by atoms with Crippen molar-refractivity contribution in [3.63, 3.8) is 0 Å². The monoisotopic (exact) mass is 305 g/mol. The summed E-state index contributed by atoms with van der Waals surface area (Å²) in [6.45, 7) is 2.44. The van der Waals surface area contributed by atoms with Crippen molar-refractivity contribution in [3.05, 3.63) is 0 Å². The molecule has 1 fully saturated rings. The molecule has 9 nitrogen and oxygen atoms in total. The standard InChI is InChI=1S/C10H20N5O4P/c1-4-14-7(5-6-15(19-20)10(14)18)8(16)11-12-9(17)13(2)3/h7H,4-6,20H2,1-3H3,(H,11,16)(H,12,17)/t7-/m0/s1. The fourth-order valence-electron chi connectivity index (χ4n) is 1.80. The van der Waals surface area contributed by atoms with Crippen molar-refractivity contribution in [1.82, 2.24) is 25.7 Å². The minimum atomic E-state index is -0.633. The van der Waals surface area contributed by atoms with Gasteiger partial charge in [-0.25, -0.2) is 20.1 Å². The van der Waals surface area contributed by atoms with Crippen molar-refractivity contribution in [2.24, 2.45) is 0 Å². The summed E-state index contributed by atoms with van der Waals surface area (Å²) in [5.41, 5.74) is 4.58. The highest BCUT2D eigenvalue weighted by Gasteiger charge is 2.37. The number of hydroxylamine groups is 2. The van der Waals surface area contributed by atoms with Crippen LogP contribution in [0.25, 0.3) is 0 Å². The second-order valence-corrected chi connectivity index (χ2v) is 4.61. The number of hydrogen-bond acceptors (Lipinski definition) is 4. The first kappa shape index (κ1) is 16.5. The van der Waals surface area contributed by atoms with Gasteiger partial charge in [0.1, 0.15) is 6.04 Å². The molecule has 2 atom stereocenters. The van der Waals surface area contributed by atoms with Crippen LogP contribution in [0.1, 0.15) is 13.3 Å². The van der Waals surface area contributed by atoms with Gasteiger partial charge in [0.2, 0.25) is 0 Å². The molecular weight excluding hydrogens is 285 g/mol. The zero-order valence-corrected chi connectivity index (χ0v) is 12.9. The Morgan fingerprint density at radius 3 is 2.60 bits per heavy atom. The van der Waals surface area contributed by atoms with Crippen LogP contribution in [0.3, 0.4) is 0 Å². The van der Waals surface area contributed by atoms with Gasteiger partial charge < -0.3 is 9.80 Å². The van der Waals surface area contributed by atoms with Gasteiger partial charge in [0, 0.05) is 30.1 Å². The smallest absolute Gasteiger partial charge is 0.330 e. The molecule has 0 aromatic rings. The van der Waals surface area contributed by atoms with E-state index >= 15 is 0 Å². The Kier molecular flexibility index (Phi) is 5.97. The molecule has 10 heteroatoms. The molecule has 1 aliphatic heterocycles. The van der Waals surface area contributed by atoms with Crippen molar-refractivity contribution in [3.8, 4) is 0 Å². The summed E-state index contributed by atoms with van der Waals surface area (Å²) in [6, 6.07) is -1.46. The lowest BCUT2D eigenvalue weighted by molar-refractivity contribution is -0.130. The minimum absolute atomic E-state index is 0.304. The van der Waals surface area contributed by atoms with Gasteiger partial charge in [-0.3, -0.25) is 14.8 Å². The molecule has 0 radical (unpaired) electrons. The fraction of sp³-hybridized carbons (Fsp3) is 0.700. The van der Waals surface area contributed by atoms with Crippen LogP contribution in [0.5, 0.6) is 0 Å². The van der Waals surface area contributed by atoms with Gasteiger partial charge >= 0.3 is 12.1 Å². The lowest BCUT2D eigenvalue weighted by Crippen LogP contribution is -2.60. The van der Waals surface area contributed by atoms with Crippen LogP contribution in [-0.4, -0.2) is 66.1 Å². The Bertz CT molecular complexity index is 392. The van der Waals surface area contributed by atoms with Crippen LogP contribution in [0.2, 0.25) is 0 Å². The van der Waals surface area contributed by atoms with E-state index in [2.05, 4.69) is 10.9 Å². The van der Waals surface area contributed by atoms with Gasteiger partial charge in [-0.15, -0.1) is 0 Å². The zero-order chi connectivity index (χ0) is 15.3. The van der Waals surface area contributed by atoms with Crippen molar-refractivity contribution >= 4 is 27.4 Å². The summed E-state index contributed by atoms with van der Waals surface area (Å²) in [5.74, 6) is -0.432. The van der Waals surface area contributed by atoms with Gasteiger partial charge in [-0.05, 0) is 13.3 Å². The number of nitrogens with zero attached hydrogens (tertiary/aromatic N) is 3. The number of hydrogen-bond donors (Lipinski definition) is 2. The molecule has 2 N–H and O–H groups in total. The first-order chi connectivity index (χ1) is 9.42. The average molecular weight is 305 g/mol. The second kappa shape index (κ2) is 7.25.